The van der Waals surface area contributed by atoms with Gasteiger partial charge in [0.1, 0.15) is 4.70 Å². The Labute approximate surface area is 115 Å². The topological polar surface area (TPSA) is 41.0 Å². The number of fused-ring (bicyclic) bond motifs is 1. The third-order valence-electron chi connectivity index (χ3n) is 3.35. The summed E-state index contributed by atoms with van der Waals surface area (Å²) < 4.78 is 2.87. The van der Waals surface area contributed by atoms with Crippen LogP contribution >= 0.6 is 23.6 Å². The number of nitrogens with one attached hydrogen (secondary N) is 1. The number of thiophene rings is 1. The Morgan fingerprint density at radius 2 is 2.17 bits per heavy atom. The molecule has 0 aliphatic heterocycles. The first-order chi connectivity index (χ1) is 8.33. The predicted octanol–water partition coefficient (Wildman–Crippen LogP) is 2.46. The monoisotopic (exact) mass is 283 g/mol. The van der Waals surface area contributed by atoms with E-state index in [1.807, 2.05) is 25.5 Å². The quantitative estimate of drug-likeness (QED) is 0.880. The Hall–Kier alpha value is -0.980. The van der Waals surface area contributed by atoms with Crippen molar-refractivity contribution in [1.82, 2.24) is 14.5 Å². The van der Waals surface area contributed by atoms with Gasteiger partial charge in [0.05, 0.1) is 5.52 Å². The van der Waals surface area contributed by atoms with Crippen LogP contribution < -0.4 is 5.56 Å². The number of hydrogen-bond donors (Lipinski definition) is 1. The molecule has 2 aromatic heterocycles. The average molecular weight is 283 g/mol. The zero-order valence-corrected chi connectivity index (χ0v) is 12.6. The molecule has 0 bridgehead atoms. The van der Waals surface area contributed by atoms with Gasteiger partial charge in [0.25, 0.3) is 5.56 Å². The third kappa shape index (κ3) is 2.28. The van der Waals surface area contributed by atoms with Gasteiger partial charge in [-0.3, -0.25) is 9.36 Å². The number of aromatic nitrogens is 2. The largest absolute Gasteiger partial charge is 0.331 e. The van der Waals surface area contributed by atoms with Crippen LogP contribution in [0.2, 0.25) is 0 Å². The van der Waals surface area contributed by atoms with Gasteiger partial charge in [-0.15, -0.1) is 11.3 Å². The van der Waals surface area contributed by atoms with Crippen molar-refractivity contribution in [2.45, 2.75) is 25.9 Å². The lowest BCUT2D eigenvalue weighted by molar-refractivity contribution is 0.167. The Balaban J connectivity index is 2.58. The summed E-state index contributed by atoms with van der Waals surface area (Å²) >= 11 is 6.73. The van der Waals surface area contributed by atoms with Gasteiger partial charge in [0.2, 0.25) is 0 Å². The molecule has 0 unspecified atom stereocenters. The average Bonchev–Trinajstić information content (AvgIpc) is 2.72. The second-order valence-electron chi connectivity index (χ2n) is 5.19. The molecule has 0 aromatic carbocycles. The van der Waals surface area contributed by atoms with Crippen molar-refractivity contribution in [1.29, 1.82) is 0 Å². The molecule has 0 amide bonds. The van der Waals surface area contributed by atoms with E-state index in [9.17, 15) is 4.79 Å². The number of hydrogen-bond acceptors (Lipinski definition) is 4. The lowest BCUT2D eigenvalue weighted by Crippen LogP contribution is -2.44. The first-order valence-corrected chi connectivity index (χ1v) is 6.99. The van der Waals surface area contributed by atoms with E-state index >= 15 is 0 Å². The maximum Gasteiger partial charge on any atom is 0.272 e. The molecule has 98 valence electrons. The van der Waals surface area contributed by atoms with Gasteiger partial charge in [-0.1, -0.05) is 0 Å². The lowest BCUT2D eigenvalue weighted by atomic mass is 10.0. The number of likely N-dealkylation sites (N-methyl/N-ethyl adjacent to an activating group) is 1. The summed E-state index contributed by atoms with van der Waals surface area (Å²) in [5.74, 6) is 0. The molecule has 0 atom stereocenters. The summed E-state index contributed by atoms with van der Waals surface area (Å²) in [4.78, 5) is 17.6. The maximum absolute atomic E-state index is 12.4. The summed E-state index contributed by atoms with van der Waals surface area (Å²) in [6, 6.07) is 1.89. The standard InChI is InChI=1S/C12H17N3OS2/c1-12(2,14(3)4)7-15-10(16)9-8(5-6-18-9)13-11(15)17/h5-6H,7H2,1-4H3,(H,13,17). The number of aromatic amines is 1. The molecule has 0 fully saturated rings. The van der Waals surface area contributed by atoms with Crippen LogP contribution in [0, 0.1) is 4.77 Å². The Kier molecular flexibility index (Phi) is 3.44. The molecule has 2 aromatic rings. The second-order valence-corrected chi connectivity index (χ2v) is 6.49. The fraction of sp³-hybridized carbons (Fsp3) is 0.500. The second kappa shape index (κ2) is 4.60. The molecule has 2 heterocycles. The summed E-state index contributed by atoms with van der Waals surface area (Å²) in [6.07, 6.45) is 0. The van der Waals surface area contributed by atoms with Crippen LogP contribution in [0.5, 0.6) is 0 Å². The molecule has 0 spiro atoms. The molecule has 2 rings (SSSR count). The van der Waals surface area contributed by atoms with E-state index < -0.39 is 0 Å². The van der Waals surface area contributed by atoms with Crippen molar-refractivity contribution in [3.05, 3.63) is 26.6 Å². The van der Waals surface area contributed by atoms with E-state index in [4.69, 9.17) is 12.2 Å². The minimum atomic E-state index is -0.129. The number of H-pyrrole nitrogens is 1. The van der Waals surface area contributed by atoms with Crippen LogP contribution in [0.25, 0.3) is 10.2 Å². The lowest BCUT2D eigenvalue weighted by Gasteiger charge is -2.32. The smallest absolute Gasteiger partial charge is 0.272 e. The highest BCUT2D eigenvalue weighted by molar-refractivity contribution is 7.71. The van der Waals surface area contributed by atoms with Crippen molar-refractivity contribution in [3.8, 4) is 0 Å². The third-order valence-corrected chi connectivity index (χ3v) is 4.57. The van der Waals surface area contributed by atoms with E-state index in [0.717, 1.165) is 10.2 Å². The zero-order valence-electron chi connectivity index (χ0n) is 11.0. The van der Waals surface area contributed by atoms with Gasteiger partial charge in [0.15, 0.2) is 4.77 Å². The van der Waals surface area contributed by atoms with Crippen LogP contribution in [0.15, 0.2) is 16.2 Å². The Morgan fingerprint density at radius 3 is 2.78 bits per heavy atom. The van der Waals surface area contributed by atoms with Crippen LogP contribution in [0.4, 0.5) is 0 Å². The molecule has 18 heavy (non-hydrogen) atoms. The molecule has 0 saturated heterocycles. The molecule has 0 radical (unpaired) electrons. The van der Waals surface area contributed by atoms with E-state index in [1.54, 1.807) is 4.57 Å². The normalized spacial score (nSPS) is 12.5. The van der Waals surface area contributed by atoms with Crippen LogP contribution in [0.1, 0.15) is 13.8 Å². The van der Waals surface area contributed by atoms with Gasteiger partial charge < -0.3 is 9.88 Å². The molecular formula is C12H17N3OS2. The Bertz CT molecular complexity index is 678. The van der Waals surface area contributed by atoms with Gasteiger partial charge in [-0.05, 0) is 51.6 Å². The summed E-state index contributed by atoms with van der Waals surface area (Å²) in [5.41, 5.74) is 0.698. The van der Waals surface area contributed by atoms with Crippen LogP contribution in [-0.4, -0.2) is 34.1 Å². The van der Waals surface area contributed by atoms with Crippen molar-refractivity contribution >= 4 is 33.8 Å². The molecule has 1 N–H and O–H groups in total. The van der Waals surface area contributed by atoms with Crippen molar-refractivity contribution < 1.29 is 0 Å². The fourth-order valence-corrected chi connectivity index (χ4v) is 2.70. The molecule has 4 nitrogen and oxygen atoms in total. The fourth-order valence-electron chi connectivity index (χ4n) is 1.64. The van der Waals surface area contributed by atoms with E-state index in [1.165, 1.54) is 11.3 Å². The number of rotatable bonds is 3. The highest BCUT2D eigenvalue weighted by atomic mass is 32.1. The summed E-state index contributed by atoms with van der Waals surface area (Å²) in [6.45, 7) is 4.75. The summed E-state index contributed by atoms with van der Waals surface area (Å²) in [5, 5.41) is 1.90. The van der Waals surface area contributed by atoms with Crippen molar-refractivity contribution in [2.75, 3.05) is 14.1 Å². The number of nitrogens with zero attached hydrogens (tertiary/aromatic N) is 2. The van der Waals surface area contributed by atoms with Gasteiger partial charge in [0, 0.05) is 12.1 Å². The molecule has 0 aliphatic rings. The van der Waals surface area contributed by atoms with E-state index in [-0.39, 0.29) is 11.1 Å². The summed E-state index contributed by atoms with van der Waals surface area (Å²) in [7, 11) is 4.00. The highest BCUT2D eigenvalue weighted by Gasteiger charge is 2.22. The van der Waals surface area contributed by atoms with E-state index in [0.29, 0.717) is 11.3 Å². The maximum atomic E-state index is 12.4. The SMILES string of the molecule is CN(C)C(C)(C)Cn1c(=S)[nH]c2ccsc2c1=O. The van der Waals surface area contributed by atoms with E-state index in [2.05, 4.69) is 23.7 Å². The van der Waals surface area contributed by atoms with Gasteiger partial charge >= 0.3 is 0 Å². The zero-order chi connectivity index (χ0) is 13.5. The minimum absolute atomic E-state index is 0.00123. The Morgan fingerprint density at radius 1 is 1.50 bits per heavy atom. The minimum Gasteiger partial charge on any atom is -0.331 e. The van der Waals surface area contributed by atoms with Gasteiger partial charge in [-0.25, -0.2) is 0 Å². The van der Waals surface area contributed by atoms with Crippen LogP contribution in [-0.2, 0) is 6.54 Å². The first-order valence-electron chi connectivity index (χ1n) is 5.71. The molecule has 0 aliphatic carbocycles. The molecule has 0 saturated carbocycles. The predicted molar refractivity (Wildman–Crippen MR) is 79.0 cm³/mol. The van der Waals surface area contributed by atoms with Crippen molar-refractivity contribution in [3.63, 3.8) is 0 Å². The molecular weight excluding hydrogens is 266 g/mol. The highest BCUT2D eigenvalue weighted by Crippen LogP contribution is 2.16. The first kappa shape index (κ1) is 13.5. The van der Waals surface area contributed by atoms with Crippen LogP contribution in [0.3, 0.4) is 0 Å². The molecule has 6 heteroatoms. The van der Waals surface area contributed by atoms with Gasteiger partial charge in [-0.2, -0.15) is 0 Å². The van der Waals surface area contributed by atoms with Crippen molar-refractivity contribution in [2.24, 2.45) is 0 Å².